The SMILES string of the molecule is CCSCCCNC(=O)Nc1ccc([S@@](C)=O)c(F)c1. The van der Waals surface area contributed by atoms with E-state index in [0.29, 0.717) is 12.2 Å². The first-order valence-corrected chi connectivity index (χ1v) is 9.01. The summed E-state index contributed by atoms with van der Waals surface area (Å²) >= 11 is 1.82. The fraction of sp³-hybridized carbons (Fsp3) is 0.462. The van der Waals surface area contributed by atoms with E-state index >= 15 is 0 Å². The van der Waals surface area contributed by atoms with E-state index in [1.54, 1.807) is 0 Å². The molecule has 0 saturated heterocycles. The lowest BCUT2D eigenvalue weighted by atomic mass is 10.3. The quantitative estimate of drug-likeness (QED) is 0.760. The maximum atomic E-state index is 13.6. The van der Waals surface area contributed by atoms with Crippen LogP contribution in [-0.2, 0) is 10.8 Å². The summed E-state index contributed by atoms with van der Waals surface area (Å²) < 4.78 is 24.8. The van der Waals surface area contributed by atoms with Crippen molar-refractivity contribution in [2.24, 2.45) is 0 Å². The molecule has 7 heteroatoms. The van der Waals surface area contributed by atoms with Crippen molar-refractivity contribution in [2.45, 2.75) is 18.2 Å². The average molecular weight is 318 g/mol. The summed E-state index contributed by atoms with van der Waals surface area (Å²) in [6, 6.07) is 3.76. The number of nitrogens with one attached hydrogen (secondary N) is 2. The fourth-order valence-electron chi connectivity index (χ4n) is 1.51. The van der Waals surface area contributed by atoms with Gasteiger partial charge in [0, 0.05) is 18.5 Å². The summed E-state index contributed by atoms with van der Waals surface area (Å²) in [7, 11) is -1.38. The third kappa shape index (κ3) is 5.92. The first-order chi connectivity index (χ1) is 9.54. The van der Waals surface area contributed by atoms with Gasteiger partial charge in [-0.05, 0) is 36.1 Å². The van der Waals surface area contributed by atoms with Crippen LogP contribution < -0.4 is 10.6 Å². The second kappa shape index (κ2) is 8.97. The van der Waals surface area contributed by atoms with Crippen molar-refractivity contribution in [1.29, 1.82) is 0 Å². The van der Waals surface area contributed by atoms with E-state index in [1.165, 1.54) is 24.5 Å². The molecule has 1 rings (SSSR count). The zero-order valence-electron chi connectivity index (χ0n) is 11.6. The van der Waals surface area contributed by atoms with Gasteiger partial charge in [-0.1, -0.05) is 6.92 Å². The summed E-state index contributed by atoms with van der Waals surface area (Å²) in [6.45, 7) is 2.67. The molecule has 0 saturated carbocycles. The molecule has 1 aromatic carbocycles. The second-order valence-corrected chi connectivity index (χ2v) is 6.77. The molecule has 0 aliphatic carbocycles. The molecular weight excluding hydrogens is 299 g/mol. The van der Waals surface area contributed by atoms with Crippen molar-refractivity contribution in [2.75, 3.05) is 29.6 Å². The maximum Gasteiger partial charge on any atom is 0.319 e. The number of hydrogen-bond acceptors (Lipinski definition) is 3. The molecule has 0 aliphatic heterocycles. The van der Waals surface area contributed by atoms with E-state index in [0.717, 1.165) is 17.9 Å². The van der Waals surface area contributed by atoms with Crippen molar-refractivity contribution in [1.82, 2.24) is 5.32 Å². The zero-order chi connectivity index (χ0) is 15.0. The van der Waals surface area contributed by atoms with Gasteiger partial charge in [-0.25, -0.2) is 9.18 Å². The van der Waals surface area contributed by atoms with Crippen LogP contribution in [0.2, 0.25) is 0 Å². The van der Waals surface area contributed by atoms with Crippen LogP contribution >= 0.6 is 11.8 Å². The molecule has 1 atom stereocenters. The Bertz CT molecular complexity index is 483. The number of anilines is 1. The van der Waals surface area contributed by atoms with Gasteiger partial charge < -0.3 is 10.6 Å². The molecule has 112 valence electrons. The molecule has 4 nitrogen and oxygen atoms in total. The van der Waals surface area contributed by atoms with Crippen LogP contribution in [0.3, 0.4) is 0 Å². The number of benzene rings is 1. The molecule has 0 bridgehead atoms. The van der Waals surface area contributed by atoms with Gasteiger partial charge >= 0.3 is 6.03 Å². The average Bonchev–Trinajstić information content (AvgIpc) is 2.38. The number of carbonyl (C=O) groups excluding carboxylic acids is 1. The highest BCUT2D eigenvalue weighted by molar-refractivity contribution is 7.99. The topological polar surface area (TPSA) is 58.2 Å². The molecular formula is C13H19FN2O2S2. The minimum atomic E-state index is -1.38. The number of halogens is 1. The predicted molar refractivity (Wildman–Crippen MR) is 83.4 cm³/mol. The molecule has 2 N–H and O–H groups in total. The van der Waals surface area contributed by atoms with Crippen LogP contribution in [0.1, 0.15) is 13.3 Å². The van der Waals surface area contributed by atoms with Crippen molar-refractivity contribution in [3.8, 4) is 0 Å². The number of urea groups is 1. The van der Waals surface area contributed by atoms with Gasteiger partial charge in [-0.2, -0.15) is 11.8 Å². The van der Waals surface area contributed by atoms with Crippen molar-refractivity contribution < 1.29 is 13.4 Å². The molecule has 2 amide bonds. The highest BCUT2D eigenvalue weighted by Gasteiger charge is 2.08. The Balaban J connectivity index is 2.42. The Labute approximate surface area is 125 Å². The normalized spacial score (nSPS) is 11.9. The Hall–Kier alpha value is -1.08. The van der Waals surface area contributed by atoms with Gasteiger partial charge in [0.1, 0.15) is 5.82 Å². The predicted octanol–water partition coefficient (Wildman–Crippen LogP) is 2.83. The molecule has 0 aliphatic rings. The lowest BCUT2D eigenvalue weighted by Gasteiger charge is -2.08. The first-order valence-electron chi connectivity index (χ1n) is 6.30. The van der Waals surface area contributed by atoms with Crippen LogP contribution in [0.15, 0.2) is 23.1 Å². The zero-order valence-corrected chi connectivity index (χ0v) is 13.2. The van der Waals surface area contributed by atoms with Gasteiger partial charge in [-0.3, -0.25) is 4.21 Å². The van der Waals surface area contributed by atoms with E-state index in [9.17, 15) is 13.4 Å². The summed E-state index contributed by atoms with van der Waals surface area (Å²) in [5.74, 6) is 1.49. The maximum absolute atomic E-state index is 13.6. The highest BCUT2D eigenvalue weighted by atomic mass is 32.2. The molecule has 0 unspecified atom stereocenters. The smallest absolute Gasteiger partial charge is 0.319 e. The van der Waals surface area contributed by atoms with E-state index in [2.05, 4.69) is 17.6 Å². The molecule has 0 heterocycles. The third-order valence-electron chi connectivity index (χ3n) is 2.45. The molecule has 0 spiro atoms. The minimum absolute atomic E-state index is 0.132. The van der Waals surface area contributed by atoms with E-state index in [4.69, 9.17) is 0 Å². The third-order valence-corrected chi connectivity index (χ3v) is 4.39. The second-order valence-electron chi connectivity index (χ2n) is 4.03. The highest BCUT2D eigenvalue weighted by Crippen LogP contribution is 2.16. The first kappa shape index (κ1) is 17.0. The van der Waals surface area contributed by atoms with Gasteiger partial charge in [-0.15, -0.1) is 0 Å². The van der Waals surface area contributed by atoms with Crippen LogP contribution in [0.25, 0.3) is 0 Å². The number of carbonyl (C=O) groups is 1. The summed E-state index contributed by atoms with van der Waals surface area (Å²) in [5.41, 5.74) is 0.345. The monoisotopic (exact) mass is 318 g/mol. The molecule has 20 heavy (non-hydrogen) atoms. The summed E-state index contributed by atoms with van der Waals surface area (Å²) in [6.07, 6.45) is 2.31. The van der Waals surface area contributed by atoms with Crippen LogP contribution in [0.5, 0.6) is 0 Å². The molecule has 0 aromatic heterocycles. The van der Waals surface area contributed by atoms with E-state index in [-0.39, 0.29) is 10.9 Å². The Morgan fingerprint density at radius 3 is 2.80 bits per heavy atom. The number of hydrogen-bond donors (Lipinski definition) is 2. The number of thioether (sulfide) groups is 1. The Kier molecular flexibility index (Phi) is 7.61. The van der Waals surface area contributed by atoms with Crippen LogP contribution in [0.4, 0.5) is 14.9 Å². The van der Waals surface area contributed by atoms with Crippen molar-refractivity contribution in [3.63, 3.8) is 0 Å². The lowest BCUT2D eigenvalue weighted by molar-refractivity contribution is 0.252. The van der Waals surface area contributed by atoms with Crippen molar-refractivity contribution >= 4 is 34.3 Å². The van der Waals surface area contributed by atoms with Crippen molar-refractivity contribution in [3.05, 3.63) is 24.0 Å². The van der Waals surface area contributed by atoms with Crippen LogP contribution in [0, 0.1) is 5.82 Å². The number of rotatable bonds is 7. The van der Waals surface area contributed by atoms with E-state index in [1.807, 2.05) is 11.8 Å². The lowest BCUT2D eigenvalue weighted by Crippen LogP contribution is -2.29. The number of amides is 2. The van der Waals surface area contributed by atoms with E-state index < -0.39 is 16.6 Å². The van der Waals surface area contributed by atoms with Gasteiger partial charge in [0.05, 0.1) is 15.7 Å². The Morgan fingerprint density at radius 2 is 2.20 bits per heavy atom. The summed E-state index contributed by atoms with van der Waals surface area (Å²) in [4.78, 5) is 11.7. The molecule has 0 fully saturated rings. The summed E-state index contributed by atoms with van der Waals surface area (Å²) in [5, 5.41) is 5.25. The molecule has 1 aromatic rings. The van der Waals surface area contributed by atoms with Gasteiger partial charge in [0.15, 0.2) is 0 Å². The molecule has 0 radical (unpaired) electrons. The van der Waals surface area contributed by atoms with Crippen LogP contribution in [-0.4, -0.2) is 34.5 Å². The largest absolute Gasteiger partial charge is 0.338 e. The van der Waals surface area contributed by atoms with Gasteiger partial charge in [0.25, 0.3) is 0 Å². The van der Waals surface area contributed by atoms with Gasteiger partial charge in [0.2, 0.25) is 0 Å². The Morgan fingerprint density at radius 1 is 1.45 bits per heavy atom. The minimum Gasteiger partial charge on any atom is -0.338 e. The fourth-order valence-corrected chi connectivity index (χ4v) is 2.74. The standard InChI is InChI=1S/C13H19FN2O2S2/c1-3-19-8-4-7-15-13(17)16-10-5-6-12(20(2)18)11(14)9-10/h5-6,9H,3-4,7-8H2,1-2H3,(H2,15,16,17)/t20-/m1/s1.